The van der Waals surface area contributed by atoms with Crippen molar-refractivity contribution in [2.45, 2.75) is 0 Å². The van der Waals surface area contributed by atoms with Crippen molar-refractivity contribution in [3.05, 3.63) is 51.4 Å². The van der Waals surface area contributed by atoms with E-state index in [1.165, 1.54) is 6.39 Å². The molecule has 12 heteroatoms. The summed E-state index contributed by atoms with van der Waals surface area (Å²) in [5.41, 5.74) is 6.35. The molecule has 34 heavy (non-hydrogen) atoms. The number of primary amides is 1. The summed E-state index contributed by atoms with van der Waals surface area (Å²) in [6.07, 6.45) is 3.21. The lowest BCUT2D eigenvalue weighted by atomic mass is 10.1. The van der Waals surface area contributed by atoms with Gasteiger partial charge in [0.2, 0.25) is 6.41 Å². The summed E-state index contributed by atoms with van der Waals surface area (Å²) in [5, 5.41) is 0.279. The molecule has 0 atom stereocenters. The van der Waals surface area contributed by atoms with Crippen molar-refractivity contribution >= 4 is 60.0 Å². The Labute approximate surface area is 222 Å². The molecule has 9 nitrogen and oxygen atoms in total. The lowest BCUT2D eigenvalue weighted by Gasteiger charge is -2.10. The molecule has 0 aliphatic rings. The maximum Gasteiger partial charge on any atom is 0.204 e. The van der Waals surface area contributed by atoms with Crippen LogP contribution in [0.4, 0.5) is 0 Å². The molecule has 0 unspecified atom stereocenters. The Balaban J connectivity index is 0.000000306. The zero-order valence-electron chi connectivity index (χ0n) is 18.8. The zero-order chi connectivity index (χ0) is 25.7. The lowest BCUT2D eigenvalue weighted by Crippen LogP contribution is -2.02. The summed E-state index contributed by atoms with van der Waals surface area (Å²) in [6, 6.07) is 7.08. The second kappa shape index (κ2) is 15.4. The Morgan fingerprint density at radius 2 is 1.35 bits per heavy atom. The molecule has 1 heterocycles. The van der Waals surface area contributed by atoms with Crippen LogP contribution in [0.2, 0.25) is 0 Å². The fourth-order valence-electron chi connectivity index (χ4n) is 2.48. The molecule has 0 fully saturated rings. The first-order chi connectivity index (χ1) is 16.3. The van der Waals surface area contributed by atoms with Crippen molar-refractivity contribution in [3.63, 3.8) is 0 Å². The zero-order valence-corrected chi connectivity index (χ0v) is 23.5. The molecule has 0 radical (unpaired) electrons. The lowest BCUT2D eigenvalue weighted by molar-refractivity contribution is -0.106. The van der Waals surface area contributed by atoms with E-state index in [1.807, 2.05) is 12.1 Å². The number of hydrogen-bond donors (Lipinski definition) is 1. The van der Waals surface area contributed by atoms with E-state index in [9.17, 15) is 4.79 Å². The fraction of sp³-hybridized carbons (Fsp3) is 0.227. The molecule has 2 aromatic carbocycles. The highest BCUT2D eigenvalue weighted by molar-refractivity contribution is 9.11. The van der Waals surface area contributed by atoms with Gasteiger partial charge >= 0.3 is 0 Å². The van der Waals surface area contributed by atoms with Crippen molar-refractivity contribution < 1.29 is 33.0 Å². The van der Waals surface area contributed by atoms with Crippen LogP contribution in [0.25, 0.3) is 11.3 Å². The largest absolute Gasteiger partial charge is 0.495 e. The highest BCUT2D eigenvalue weighted by Crippen LogP contribution is 2.38. The minimum absolute atomic E-state index is 0.0147. The predicted octanol–water partition coefficient (Wildman–Crippen LogP) is 5.27. The summed E-state index contributed by atoms with van der Waals surface area (Å²) in [4.78, 5) is 24.1. The van der Waals surface area contributed by atoms with Gasteiger partial charge in [-0.05, 0) is 56.1 Å². The molecule has 2 N–H and O–H groups in total. The molecular formula is C22H23Br3N2O7. The van der Waals surface area contributed by atoms with Gasteiger partial charge in [0.1, 0.15) is 43.9 Å². The maximum absolute atomic E-state index is 11.5. The van der Waals surface area contributed by atoms with Gasteiger partial charge in [0, 0.05) is 11.1 Å². The number of oxazole rings is 1. The predicted molar refractivity (Wildman–Crippen MR) is 138 cm³/mol. The van der Waals surface area contributed by atoms with Gasteiger partial charge in [-0.2, -0.15) is 0 Å². The Morgan fingerprint density at radius 1 is 0.941 bits per heavy atom. The first-order valence-corrected chi connectivity index (χ1v) is 12.0. The Hall–Kier alpha value is -2.57. The molecule has 3 aromatic rings. The smallest absolute Gasteiger partial charge is 0.204 e. The second-order valence-electron chi connectivity index (χ2n) is 5.96. The van der Waals surface area contributed by atoms with E-state index >= 15 is 0 Å². The second-order valence-corrected chi connectivity index (χ2v) is 8.10. The number of rotatable bonds is 7. The number of ketones is 1. The van der Waals surface area contributed by atoms with Crippen LogP contribution in [0.5, 0.6) is 23.0 Å². The van der Waals surface area contributed by atoms with E-state index in [4.69, 9.17) is 28.2 Å². The van der Waals surface area contributed by atoms with Crippen LogP contribution in [0.3, 0.4) is 0 Å². The van der Waals surface area contributed by atoms with Crippen molar-refractivity contribution in [2.75, 3.05) is 33.8 Å². The number of methoxy groups -OCH3 is 4. The monoisotopic (exact) mass is 664 g/mol. The number of halogens is 3. The normalized spacial score (nSPS) is 9.50. The first kappa shape index (κ1) is 29.5. The molecule has 3 rings (SSSR count). The van der Waals surface area contributed by atoms with E-state index in [0.717, 1.165) is 15.7 Å². The summed E-state index contributed by atoms with van der Waals surface area (Å²) in [6.45, 7) is 0. The Kier molecular flexibility index (Phi) is 13.3. The van der Waals surface area contributed by atoms with Gasteiger partial charge in [0.05, 0.1) is 33.8 Å². The number of amides is 1. The van der Waals surface area contributed by atoms with Crippen molar-refractivity contribution in [1.82, 2.24) is 4.98 Å². The van der Waals surface area contributed by atoms with Gasteiger partial charge < -0.3 is 29.1 Å². The molecule has 0 spiro atoms. The standard InChI is InChI=1S/C11H10BrNO3.C10H10Br2O3.CH3NO/c1-14-9-3-7(8-5-16-6-13-8)4-10(15-2)11(9)12;1-14-8-3-6(7(13)5-11)4-9(15-2)10(8)12;2-1-3/h3-6H,1-2H3;3-4H,5H2,1-2H3;1H,(H2,2,3). The fourth-order valence-corrected chi connectivity index (χ4v) is 3.91. The van der Waals surface area contributed by atoms with Crippen LogP contribution in [-0.2, 0) is 4.79 Å². The average molecular weight is 667 g/mol. The third-order valence-corrected chi connectivity index (χ3v) is 6.14. The third kappa shape index (κ3) is 8.03. The molecule has 0 bridgehead atoms. The number of Topliss-reactive ketones (excluding diaryl/α,β-unsaturated/α-hetero) is 1. The molecule has 0 aliphatic heterocycles. The van der Waals surface area contributed by atoms with Crippen LogP contribution in [-0.4, -0.2) is 50.9 Å². The van der Waals surface area contributed by atoms with Gasteiger partial charge in [-0.25, -0.2) is 4.98 Å². The van der Waals surface area contributed by atoms with E-state index < -0.39 is 0 Å². The maximum atomic E-state index is 11.5. The molecular weight excluding hydrogens is 644 g/mol. The van der Waals surface area contributed by atoms with Crippen molar-refractivity contribution in [3.8, 4) is 34.3 Å². The van der Waals surface area contributed by atoms with Crippen molar-refractivity contribution in [1.29, 1.82) is 0 Å². The van der Waals surface area contributed by atoms with Crippen molar-refractivity contribution in [2.24, 2.45) is 5.73 Å². The van der Waals surface area contributed by atoms with E-state index in [1.54, 1.807) is 46.8 Å². The van der Waals surface area contributed by atoms with E-state index in [-0.39, 0.29) is 17.5 Å². The number of ether oxygens (including phenoxy) is 4. The molecule has 0 saturated carbocycles. The molecule has 0 aliphatic carbocycles. The molecule has 0 saturated heterocycles. The van der Waals surface area contributed by atoms with Gasteiger partial charge in [0.15, 0.2) is 12.2 Å². The first-order valence-electron chi connectivity index (χ1n) is 9.27. The minimum Gasteiger partial charge on any atom is -0.495 e. The van der Waals surface area contributed by atoms with Gasteiger partial charge in [-0.1, -0.05) is 15.9 Å². The van der Waals surface area contributed by atoms with Crippen LogP contribution < -0.4 is 24.7 Å². The van der Waals surface area contributed by atoms with Crippen LogP contribution >= 0.6 is 47.8 Å². The van der Waals surface area contributed by atoms with E-state index in [0.29, 0.717) is 33.0 Å². The summed E-state index contributed by atoms with van der Waals surface area (Å²) < 4.78 is 27.2. The minimum atomic E-state index is -0.0147. The SMILES string of the molecule is COc1cc(-c2cocn2)cc(OC)c1Br.COc1cc(C(=O)CBr)cc(OC)c1Br.NC=O. The number of nitrogens with zero attached hydrogens (tertiary/aromatic N) is 1. The number of alkyl halides is 1. The number of hydrogen-bond acceptors (Lipinski definition) is 8. The highest BCUT2D eigenvalue weighted by atomic mass is 79.9. The highest BCUT2D eigenvalue weighted by Gasteiger charge is 2.14. The summed E-state index contributed by atoms with van der Waals surface area (Å²) >= 11 is 9.86. The third-order valence-electron chi connectivity index (χ3n) is 4.06. The number of benzene rings is 2. The topological polar surface area (TPSA) is 123 Å². The number of nitrogens with two attached hydrogens (primary N) is 1. The van der Waals surface area contributed by atoms with Crippen LogP contribution in [0.15, 0.2) is 50.3 Å². The quantitative estimate of drug-likeness (QED) is 0.206. The number of aromatic nitrogens is 1. The van der Waals surface area contributed by atoms with Gasteiger partial charge in [-0.15, -0.1) is 0 Å². The molecule has 1 aromatic heterocycles. The number of carbonyl (C=O) groups excluding carboxylic acids is 2. The van der Waals surface area contributed by atoms with Crippen LogP contribution in [0, 0.1) is 0 Å². The summed E-state index contributed by atoms with van der Waals surface area (Å²) in [5.74, 6) is 2.53. The van der Waals surface area contributed by atoms with Crippen LogP contribution in [0.1, 0.15) is 10.4 Å². The molecule has 184 valence electrons. The van der Waals surface area contributed by atoms with E-state index in [2.05, 4.69) is 58.5 Å². The summed E-state index contributed by atoms with van der Waals surface area (Å²) in [7, 11) is 6.29. The molecule has 1 amide bonds. The van der Waals surface area contributed by atoms with Gasteiger partial charge in [0.25, 0.3) is 0 Å². The van der Waals surface area contributed by atoms with Gasteiger partial charge in [-0.3, -0.25) is 9.59 Å². The number of carbonyl (C=O) groups is 2. The average Bonchev–Trinajstić information content (AvgIpc) is 3.40. The Morgan fingerprint density at radius 3 is 1.68 bits per heavy atom. The Bertz CT molecular complexity index is 1030.